The third-order valence-electron chi connectivity index (χ3n) is 6.47. The Hall–Kier alpha value is -2.58. The summed E-state index contributed by atoms with van der Waals surface area (Å²) in [5, 5.41) is 10.3. The van der Waals surface area contributed by atoms with Gasteiger partial charge in [-0.1, -0.05) is 32.9 Å². The van der Waals surface area contributed by atoms with Crippen molar-refractivity contribution < 1.29 is 23.9 Å². The van der Waals surface area contributed by atoms with Gasteiger partial charge in [-0.25, -0.2) is 0 Å². The number of ether oxygens (including phenoxy) is 1. The summed E-state index contributed by atoms with van der Waals surface area (Å²) in [6, 6.07) is 2.51. The Morgan fingerprint density at radius 3 is 2.48 bits per heavy atom. The predicted octanol–water partition coefficient (Wildman–Crippen LogP) is 4.40. The van der Waals surface area contributed by atoms with Crippen LogP contribution in [0.3, 0.4) is 0 Å². The zero-order chi connectivity index (χ0) is 23.1. The molecular weight excluding hydrogens is 412 g/mol. The van der Waals surface area contributed by atoms with Crippen LogP contribution in [0.4, 0.5) is 5.69 Å². The normalized spacial score (nSPS) is 21.6. The standard InChI is InChI=1S/C23H32N2O5Si/c1-8-9-15-10-18-22(30-31(6,7)23(2,3)4)25(14-26)17-12-19(27)20(29-5)11-16(17)21(28)24(18)13-15/h8-9,11-14,18,22,27H,10H2,1-7H3/b9-8+/t18-,22-/m0/s1. The number of phenolic OH excluding ortho intramolecular Hbond substituents is 1. The van der Waals surface area contributed by atoms with E-state index in [4.69, 9.17) is 9.16 Å². The molecule has 8 heteroatoms. The molecule has 0 fully saturated rings. The monoisotopic (exact) mass is 444 g/mol. The Labute approximate surface area is 185 Å². The molecular formula is C23H32N2O5Si. The zero-order valence-corrected chi connectivity index (χ0v) is 20.3. The second-order valence-electron chi connectivity index (χ2n) is 9.51. The smallest absolute Gasteiger partial charge is 0.260 e. The highest BCUT2D eigenvalue weighted by molar-refractivity contribution is 6.74. The van der Waals surface area contributed by atoms with Crippen molar-refractivity contribution >= 4 is 26.3 Å². The fourth-order valence-corrected chi connectivity index (χ4v) is 4.97. The number of methoxy groups -OCH3 is 1. The van der Waals surface area contributed by atoms with Crippen molar-refractivity contribution in [3.05, 3.63) is 41.6 Å². The highest BCUT2D eigenvalue weighted by atomic mass is 28.4. The van der Waals surface area contributed by atoms with Gasteiger partial charge in [0.2, 0.25) is 6.41 Å². The first-order chi connectivity index (χ1) is 14.4. The van der Waals surface area contributed by atoms with Crippen molar-refractivity contribution in [2.24, 2.45) is 0 Å². The molecule has 0 bridgehead atoms. The molecule has 31 heavy (non-hydrogen) atoms. The number of phenols is 1. The van der Waals surface area contributed by atoms with E-state index < -0.39 is 14.5 Å². The Morgan fingerprint density at radius 1 is 1.26 bits per heavy atom. The van der Waals surface area contributed by atoms with Crippen LogP contribution in [0.2, 0.25) is 18.1 Å². The number of carbonyl (C=O) groups excluding carboxylic acids is 2. The molecule has 7 nitrogen and oxygen atoms in total. The number of rotatable bonds is 5. The van der Waals surface area contributed by atoms with Crippen molar-refractivity contribution in [1.82, 2.24) is 4.90 Å². The summed E-state index contributed by atoms with van der Waals surface area (Å²) < 4.78 is 12.0. The van der Waals surface area contributed by atoms with E-state index in [2.05, 4.69) is 33.9 Å². The van der Waals surface area contributed by atoms with Gasteiger partial charge < -0.3 is 19.2 Å². The highest BCUT2D eigenvalue weighted by Crippen LogP contribution is 2.44. The number of amides is 2. The van der Waals surface area contributed by atoms with Crippen LogP contribution in [-0.4, -0.2) is 50.0 Å². The van der Waals surface area contributed by atoms with E-state index >= 15 is 0 Å². The summed E-state index contributed by atoms with van der Waals surface area (Å²) in [6.45, 7) is 12.6. The molecule has 168 valence electrons. The second kappa shape index (κ2) is 8.16. The van der Waals surface area contributed by atoms with Crippen molar-refractivity contribution in [1.29, 1.82) is 0 Å². The molecule has 0 radical (unpaired) electrons. The maximum Gasteiger partial charge on any atom is 0.260 e. The quantitative estimate of drug-likeness (QED) is 0.538. The molecule has 1 aromatic carbocycles. The third kappa shape index (κ3) is 4.02. The van der Waals surface area contributed by atoms with E-state index in [0.717, 1.165) is 5.57 Å². The Bertz CT molecular complexity index is 948. The Morgan fingerprint density at radius 2 is 1.94 bits per heavy atom. The summed E-state index contributed by atoms with van der Waals surface area (Å²) in [4.78, 5) is 29.0. The van der Waals surface area contributed by atoms with E-state index in [1.54, 1.807) is 4.90 Å². The lowest BCUT2D eigenvalue weighted by molar-refractivity contribution is -0.109. The SMILES string of the molecule is C/C=C/C1=CN2C(=O)c3cc(OC)c(O)cc3N(C=O)[C@@H](O[Si](C)(C)C(C)(C)C)[C@@H]2C1. The number of carbonyl (C=O) groups is 2. The van der Waals surface area contributed by atoms with Crippen molar-refractivity contribution in [2.75, 3.05) is 12.0 Å². The van der Waals surface area contributed by atoms with Crippen LogP contribution >= 0.6 is 0 Å². The number of hydrogen-bond acceptors (Lipinski definition) is 5. The van der Waals surface area contributed by atoms with Gasteiger partial charge in [0.25, 0.3) is 5.91 Å². The molecule has 2 atom stereocenters. The second-order valence-corrected chi connectivity index (χ2v) is 14.3. The summed E-state index contributed by atoms with van der Waals surface area (Å²) in [5.41, 5.74) is 1.59. The molecule has 2 aliphatic heterocycles. The maximum atomic E-state index is 13.6. The van der Waals surface area contributed by atoms with E-state index in [9.17, 15) is 14.7 Å². The first-order valence-electron chi connectivity index (χ1n) is 10.4. The van der Waals surface area contributed by atoms with Gasteiger partial charge in [0.05, 0.1) is 24.4 Å². The van der Waals surface area contributed by atoms with Crippen molar-refractivity contribution in [3.63, 3.8) is 0 Å². The molecule has 1 aromatic rings. The fourth-order valence-electron chi connectivity index (χ4n) is 3.74. The van der Waals surface area contributed by atoms with E-state index in [-0.39, 0.29) is 34.0 Å². The van der Waals surface area contributed by atoms with E-state index in [1.807, 2.05) is 25.3 Å². The van der Waals surface area contributed by atoms with Crippen LogP contribution in [0, 0.1) is 0 Å². The minimum Gasteiger partial charge on any atom is -0.504 e. The van der Waals surface area contributed by atoms with E-state index in [1.165, 1.54) is 24.1 Å². The van der Waals surface area contributed by atoms with Crippen LogP contribution in [0.15, 0.2) is 36.1 Å². The molecule has 0 spiro atoms. The number of nitrogens with zero attached hydrogens (tertiary/aromatic N) is 2. The maximum absolute atomic E-state index is 13.6. The van der Waals surface area contributed by atoms with Crippen molar-refractivity contribution in [2.45, 2.75) is 64.5 Å². The molecule has 0 aromatic heterocycles. The van der Waals surface area contributed by atoms with Crippen LogP contribution in [0.5, 0.6) is 11.5 Å². The first kappa shape index (κ1) is 23.1. The van der Waals surface area contributed by atoms with Crippen LogP contribution in [0.25, 0.3) is 0 Å². The van der Waals surface area contributed by atoms with Gasteiger partial charge in [-0.05, 0) is 43.1 Å². The van der Waals surface area contributed by atoms with Gasteiger partial charge in [0, 0.05) is 12.3 Å². The van der Waals surface area contributed by atoms with Crippen molar-refractivity contribution in [3.8, 4) is 11.5 Å². The lowest BCUT2D eigenvalue weighted by Crippen LogP contribution is -2.56. The highest BCUT2D eigenvalue weighted by Gasteiger charge is 2.48. The number of hydrogen-bond donors (Lipinski definition) is 1. The third-order valence-corrected chi connectivity index (χ3v) is 10.9. The number of allylic oxidation sites excluding steroid dienone is 2. The summed E-state index contributed by atoms with van der Waals surface area (Å²) >= 11 is 0. The molecule has 2 amide bonds. The van der Waals surface area contributed by atoms with Crippen LogP contribution in [-0.2, 0) is 9.22 Å². The summed E-state index contributed by atoms with van der Waals surface area (Å²) in [7, 11) is -0.892. The number of benzene rings is 1. The first-order valence-corrected chi connectivity index (χ1v) is 13.3. The molecule has 0 aliphatic carbocycles. The minimum absolute atomic E-state index is 0.0915. The molecule has 2 aliphatic rings. The lowest BCUT2D eigenvalue weighted by Gasteiger charge is -2.43. The lowest BCUT2D eigenvalue weighted by atomic mass is 10.1. The topological polar surface area (TPSA) is 79.3 Å². The summed E-state index contributed by atoms with van der Waals surface area (Å²) in [6.07, 6.45) is 6.29. The number of aromatic hydroxyl groups is 1. The van der Waals surface area contributed by atoms with Crippen LogP contribution < -0.4 is 9.64 Å². The summed E-state index contributed by atoms with van der Waals surface area (Å²) in [5.74, 6) is -0.222. The molecule has 0 saturated heterocycles. The minimum atomic E-state index is -2.31. The van der Waals surface area contributed by atoms with Gasteiger partial charge in [0.1, 0.15) is 6.23 Å². The average molecular weight is 445 g/mol. The molecule has 0 saturated carbocycles. The number of fused-ring (bicyclic) bond motifs is 2. The van der Waals surface area contributed by atoms with Gasteiger partial charge in [-0.2, -0.15) is 0 Å². The van der Waals surface area contributed by atoms with Gasteiger partial charge in [0.15, 0.2) is 19.8 Å². The van der Waals surface area contributed by atoms with Crippen LogP contribution in [0.1, 0.15) is 44.5 Å². The predicted molar refractivity (Wildman–Crippen MR) is 123 cm³/mol. The van der Waals surface area contributed by atoms with Gasteiger partial charge in [-0.15, -0.1) is 0 Å². The largest absolute Gasteiger partial charge is 0.504 e. The Kier molecular flexibility index (Phi) is 6.08. The fraction of sp³-hybridized carbons (Fsp3) is 0.478. The molecule has 1 N–H and O–H groups in total. The molecule has 0 unspecified atom stereocenters. The van der Waals surface area contributed by atoms with Gasteiger partial charge in [-0.3, -0.25) is 14.5 Å². The van der Waals surface area contributed by atoms with E-state index in [0.29, 0.717) is 18.5 Å². The van der Waals surface area contributed by atoms with Gasteiger partial charge >= 0.3 is 0 Å². The molecule has 2 heterocycles. The zero-order valence-electron chi connectivity index (χ0n) is 19.3. The Balaban J connectivity index is 2.21. The average Bonchev–Trinajstić information content (AvgIpc) is 3.07. The molecule has 3 rings (SSSR count). The number of anilines is 1.